The molecule has 1 aromatic heterocycles. The van der Waals surface area contributed by atoms with Crippen molar-refractivity contribution >= 4 is 28.8 Å². The molecule has 0 bridgehead atoms. The second kappa shape index (κ2) is 11.1. The highest BCUT2D eigenvalue weighted by atomic mass is 32.1. The average molecular weight is 463 g/mol. The van der Waals surface area contributed by atoms with Crippen molar-refractivity contribution in [3.63, 3.8) is 0 Å². The van der Waals surface area contributed by atoms with E-state index < -0.39 is 6.04 Å². The molecule has 4 rings (SSSR count). The molecule has 1 fully saturated rings. The Morgan fingerprint density at radius 1 is 1.03 bits per heavy atom. The third-order valence-corrected chi connectivity index (χ3v) is 6.81. The van der Waals surface area contributed by atoms with E-state index in [1.54, 1.807) is 16.2 Å². The maximum absolute atomic E-state index is 13.8. The largest absolute Gasteiger partial charge is 0.493 e. The number of carbonyl (C=O) groups is 2. The lowest BCUT2D eigenvalue weighted by Gasteiger charge is -2.33. The number of ether oxygens (including phenoxy) is 1. The number of thiophene rings is 1. The van der Waals surface area contributed by atoms with Crippen LogP contribution in [0, 0.1) is 0 Å². The predicted molar refractivity (Wildman–Crippen MR) is 133 cm³/mol. The van der Waals surface area contributed by atoms with Crippen LogP contribution in [0.3, 0.4) is 0 Å². The molecule has 2 amide bonds. The SMILES string of the molecule is CCOc1ccccc1[C@H](C(=O)NC1CCCC1)N(C(=O)Cc1cccs1)c1ccccc1. The Labute approximate surface area is 199 Å². The molecule has 0 aliphatic heterocycles. The van der Waals surface area contributed by atoms with Crippen LogP contribution in [-0.2, 0) is 16.0 Å². The van der Waals surface area contributed by atoms with E-state index in [4.69, 9.17) is 4.74 Å². The average Bonchev–Trinajstić information content (AvgIpc) is 3.53. The highest BCUT2D eigenvalue weighted by Crippen LogP contribution is 2.35. The van der Waals surface area contributed by atoms with Gasteiger partial charge >= 0.3 is 0 Å². The van der Waals surface area contributed by atoms with Crippen molar-refractivity contribution in [2.24, 2.45) is 0 Å². The summed E-state index contributed by atoms with van der Waals surface area (Å²) >= 11 is 1.54. The molecular weight excluding hydrogens is 432 g/mol. The van der Waals surface area contributed by atoms with Gasteiger partial charge in [-0.1, -0.05) is 55.3 Å². The summed E-state index contributed by atoms with van der Waals surface area (Å²) in [4.78, 5) is 30.2. The molecule has 1 aliphatic carbocycles. The van der Waals surface area contributed by atoms with Crippen LogP contribution in [0.2, 0.25) is 0 Å². The van der Waals surface area contributed by atoms with Gasteiger partial charge in [-0.15, -0.1) is 11.3 Å². The summed E-state index contributed by atoms with van der Waals surface area (Å²) in [7, 11) is 0. The van der Waals surface area contributed by atoms with E-state index in [1.807, 2.05) is 79.0 Å². The Bertz CT molecular complexity index is 1050. The molecule has 1 aliphatic rings. The van der Waals surface area contributed by atoms with Crippen LogP contribution >= 0.6 is 11.3 Å². The summed E-state index contributed by atoms with van der Waals surface area (Å²) in [6.45, 7) is 2.39. The van der Waals surface area contributed by atoms with Gasteiger partial charge in [0.2, 0.25) is 11.8 Å². The molecule has 0 unspecified atom stereocenters. The van der Waals surface area contributed by atoms with Crippen molar-refractivity contribution in [3.8, 4) is 5.75 Å². The van der Waals surface area contributed by atoms with E-state index in [0.717, 1.165) is 30.6 Å². The van der Waals surface area contributed by atoms with Crippen LogP contribution in [0.4, 0.5) is 5.69 Å². The summed E-state index contributed by atoms with van der Waals surface area (Å²) in [6, 6.07) is 20.2. The molecule has 0 radical (unpaired) electrons. The van der Waals surface area contributed by atoms with E-state index in [1.165, 1.54) is 0 Å². The molecule has 5 nitrogen and oxygen atoms in total. The zero-order valence-corrected chi connectivity index (χ0v) is 19.7. The number of hydrogen-bond acceptors (Lipinski definition) is 4. The molecule has 1 N–H and O–H groups in total. The molecule has 1 saturated carbocycles. The first-order chi connectivity index (χ1) is 16.2. The zero-order valence-electron chi connectivity index (χ0n) is 18.9. The van der Waals surface area contributed by atoms with Crippen molar-refractivity contribution in [3.05, 3.63) is 82.6 Å². The van der Waals surface area contributed by atoms with Gasteiger partial charge in [0.05, 0.1) is 13.0 Å². The van der Waals surface area contributed by atoms with Crippen molar-refractivity contribution in [1.82, 2.24) is 5.32 Å². The van der Waals surface area contributed by atoms with Gasteiger partial charge in [-0.2, -0.15) is 0 Å². The molecule has 172 valence electrons. The lowest BCUT2D eigenvalue weighted by molar-refractivity contribution is -0.127. The van der Waals surface area contributed by atoms with Crippen LogP contribution in [0.5, 0.6) is 5.75 Å². The lowest BCUT2D eigenvalue weighted by Crippen LogP contribution is -2.47. The van der Waals surface area contributed by atoms with Crippen LogP contribution in [0.1, 0.15) is 49.1 Å². The number of nitrogens with zero attached hydrogens (tertiary/aromatic N) is 1. The summed E-state index contributed by atoms with van der Waals surface area (Å²) < 4.78 is 5.89. The summed E-state index contributed by atoms with van der Waals surface area (Å²) in [5, 5.41) is 5.19. The first kappa shape index (κ1) is 23.1. The number of amides is 2. The smallest absolute Gasteiger partial charge is 0.248 e. The highest BCUT2D eigenvalue weighted by Gasteiger charge is 2.36. The van der Waals surface area contributed by atoms with Gasteiger partial charge in [0.25, 0.3) is 0 Å². The number of para-hydroxylation sites is 2. The van der Waals surface area contributed by atoms with Crippen molar-refractivity contribution in [1.29, 1.82) is 0 Å². The summed E-state index contributed by atoms with van der Waals surface area (Å²) in [6.07, 6.45) is 4.41. The molecular formula is C27H30N2O3S. The molecule has 6 heteroatoms. The van der Waals surface area contributed by atoms with Crippen LogP contribution < -0.4 is 15.0 Å². The molecule has 1 atom stereocenters. The standard InChI is InChI=1S/C27H30N2O3S/c1-2-32-24-17-9-8-16-23(24)26(27(31)28-20-11-6-7-12-20)29(21-13-4-3-5-14-21)25(30)19-22-15-10-18-33-22/h3-5,8-10,13-18,20,26H,2,6-7,11-12,19H2,1H3,(H,28,31)/t26-/m1/s1. The maximum Gasteiger partial charge on any atom is 0.248 e. The monoisotopic (exact) mass is 462 g/mol. The number of benzene rings is 2. The number of anilines is 1. The Balaban J connectivity index is 1.78. The number of rotatable bonds is 9. The van der Waals surface area contributed by atoms with Crippen molar-refractivity contribution in [2.75, 3.05) is 11.5 Å². The number of nitrogens with one attached hydrogen (secondary N) is 1. The quantitative estimate of drug-likeness (QED) is 0.455. The summed E-state index contributed by atoms with van der Waals surface area (Å²) in [5.41, 5.74) is 1.38. The fraction of sp³-hybridized carbons (Fsp3) is 0.333. The fourth-order valence-corrected chi connectivity index (χ4v) is 5.11. The van der Waals surface area contributed by atoms with Gasteiger partial charge in [0, 0.05) is 22.2 Å². The third-order valence-electron chi connectivity index (χ3n) is 5.93. The molecule has 1 heterocycles. The van der Waals surface area contributed by atoms with E-state index in [-0.39, 0.29) is 24.3 Å². The normalized spacial score (nSPS) is 14.6. The predicted octanol–water partition coefficient (Wildman–Crippen LogP) is 5.52. The summed E-state index contributed by atoms with van der Waals surface area (Å²) in [5.74, 6) is 0.329. The third kappa shape index (κ3) is 5.63. The van der Waals surface area contributed by atoms with Crippen molar-refractivity contribution < 1.29 is 14.3 Å². The minimum absolute atomic E-state index is 0.124. The molecule has 0 spiro atoms. The molecule has 3 aromatic rings. The van der Waals surface area contributed by atoms with Gasteiger partial charge in [0.15, 0.2) is 0 Å². The molecule has 33 heavy (non-hydrogen) atoms. The van der Waals surface area contributed by atoms with Crippen LogP contribution in [0.25, 0.3) is 0 Å². The van der Waals surface area contributed by atoms with Gasteiger partial charge < -0.3 is 10.1 Å². The zero-order chi connectivity index (χ0) is 23.0. The maximum atomic E-state index is 13.8. The number of hydrogen-bond donors (Lipinski definition) is 1. The van der Waals surface area contributed by atoms with Crippen LogP contribution in [0.15, 0.2) is 72.1 Å². The second-order valence-electron chi connectivity index (χ2n) is 8.22. The van der Waals surface area contributed by atoms with Gasteiger partial charge in [-0.05, 0) is 49.4 Å². The Morgan fingerprint density at radius 2 is 1.76 bits per heavy atom. The Morgan fingerprint density at radius 3 is 2.45 bits per heavy atom. The number of carbonyl (C=O) groups excluding carboxylic acids is 2. The van der Waals surface area contributed by atoms with Gasteiger partial charge in [0.1, 0.15) is 11.8 Å². The Hall–Kier alpha value is -3.12. The van der Waals surface area contributed by atoms with Crippen LogP contribution in [-0.4, -0.2) is 24.5 Å². The van der Waals surface area contributed by atoms with Crippen molar-refractivity contribution in [2.45, 2.75) is 51.1 Å². The molecule has 0 saturated heterocycles. The second-order valence-corrected chi connectivity index (χ2v) is 9.25. The van der Waals surface area contributed by atoms with Gasteiger partial charge in [-0.25, -0.2) is 0 Å². The van der Waals surface area contributed by atoms with E-state index in [0.29, 0.717) is 23.6 Å². The van der Waals surface area contributed by atoms with E-state index in [9.17, 15) is 9.59 Å². The lowest BCUT2D eigenvalue weighted by atomic mass is 10.0. The first-order valence-electron chi connectivity index (χ1n) is 11.6. The van der Waals surface area contributed by atoms with E-state index in [2.05, 4.69) is 5.32 Å². The fourth-order valence-electron chi connectivity index (χ4n) is 4.41. The highest BCUT2D eigenvalue weighted by molar-refractivity contribution is 7.10. The minimum atomic E-state index is -0.830. The van der Waals surface area contributed by atoms with E-state index >= 15 is 0 Å². The van der Waals surface area contributed by atoms with Gasteiger partial charge in [-0.3, -0.25) is 14.5 Å². The molecule has 2 aromatic carbocycles. The minimum Gasteiger partial charge on any atom is -0.493 e. The Kier molecular flexibility index (Phi) is 7.79. The first-order valence-corrected chi connectivity index (χ1v) is 12.5. The topological polar surface area (TPSA) is 58.6 Å².